The van der Waals surface area contributed by atoms with Crippen molar-refractivity contribution in [3.05, 3.63) is 78.4 Å². The van der Waals surface area contributed by atoms with Crippen molar-refractivity contribution in [3.8, 4) is 5.69 Å². The highest BCUT2D eigenvalue weighted by molar-refractivity contribution is 5.94. The van der Waals surface area contributed by atoms with E-state index in [4.69, 9.17) is 4.74 Å². The van der Waals surface area contributed by atoms with Crippen molar-refractivity contribution in [1.82, 2.24) is 19.7 Å². The number of methoxy groups -OCH3 is 1. The standard InChI is InChI=1S/C19H20N4O2/c1-25-12-11-22(13-16-5-3-2-4-6-16)19(24)17-7-9-18(10-8-17)23-15-20-14-21-23/h2-10,14-15H,11-13H2,1H3. The molecule has 1 aromatic heterocycles. The first-order valence-electron chi connectivity index (χ1n) is 8.05. The number of carbonyl (C=O) groups excluding carboxylic acids is 1. The fraction of sp³-hybridized carbons (Fsp3) is 0.211. The number of aromatic nitrogens is 3. The van der Waals surface area contributed by atoms with E-state index in [1.165, 1.54) is 6.33 Å². The molecule has 0 aliphatic rings. The van der Waals surface area contributed by atoms with E-state index in [2.05, 4.69) is 10.1 Å². The number of nitrogens with zero attached hydrogens (tertiary/aromatic N) is 4. The molecule has 2 aromatic carbocycles. The summed E-state index contributed by atoms with van der Waals surface area (Å²) in [5.74, 6) is -0.0222. The molecule has 0 atom stereocenters. The molecule has 25 heavy (non-hydrogen) atoms. The van der Waals surface area contributed by atoms with Gasteiger partial charge in [0.1, 0.15) is 12.7 Å². The van der Waals surface area contributed by atoms with Gasteiger partial charge in [0, 0.05) is 25.8 Å². The zero-order valence-electron chi connectivity index (χ0n) is 14.1. The lowest BCUT2D eigenvalue weighted by molar-refractivity contribution is 0.0680. The molecule has 1 heterocycles. The minimum Gasteiger partial charge on any atom is -0.383 e. The molecule has 0 radical (unpaired) electrons. The number of ether oxygens (including phenoxy) is 1. The number of hydrogen-bond donors (Lipinski definition) is 0. The van der Waals surface area contributed by atoms with Crippen LogP contribution in [-0.4, -0.2) is 45.8 Å². The van der Waals surface area contributed by atoms with Crippen LogP contribution in [0.25, 0.3) is 5.69 Å². The Bertz CT molecular complexity index is 786. The van der Waals surface area contributed by atoms with Crippen LogP contribution < -0.4 is 0 Å². The molecule has 6 nitrogen and oxygen atoms in total. The van der Waals surface area contributed by atoms with Crippen LogP contribution in [0, 0.1) is 0 Å². The molecule has 3 rings (SSSR count). The first-order valence-corrected chi connectivity index (χ1v) is 8.05. The Labute approximate surface area is 146 Å². The Morgan fingerprint density at radius 3 is 2.52 bits per heavy atom. The van der Waals surface area contributed by atoms with E-state index in [-0.39, 0.29) is 5.91 Å². The first kappa shape index (κ1) is 16.9. The number of rotatable bonds is 7. The van der Waals surface area contributed by atoms with Crippen molar-refractivity contribution in [2.24, 2.45) is 0 Å². The first-order chi connectivity index (χ1) is 12.3. The maximum absolute atomic E-state index is 12.9. The molecule has 1 amide bonds. The van der Waals surface area contributed by atoms with E-state index < -0.39 is 0 Å². The van der Waals surface area contributed by atoms with Crippen molar-refractivity contribution in [1.29, 1.82) is 0 Å². The highest BCUT2D eigenvalue weighted by atomic mass is 16.5. The second kappa shape index (κ2) is 8.21. The number of amides is 1. The molecule has 0 bridgehead atoms. The third-order valence-electron chi connectivity index (χ3n) is 3.87. The molecule has 0 fully saturated rings. The van der Waals surface area contributed by atoms with Crippen LogP contribution in [0.15, 0.2) is 67.3 Å². The third kappa shape index (κ3) is 4.30. The lowest BCUT2D eigenvalue weighted by Gasteiger charge is -2.22. The van der Waals surface area contributed by atoms with E-state index in [0.29, 0.717) is 25.3 Å². The molecular weight excluding hydrogens is 316 g/mol. The Kier molecular flexibility index (Phi) is 5.53. The molecule has 0 aliphatic heterocycles. The van der Waals surface area contributed by atoms with E-state index in [0.717, 1.165) is 11.3 Å². The maximum Gasteiger partial charge on any atom is 0.254 e. The van der Waals surface area contributed by atoms with Gasteiger partial charge < -0.3 is 9.64 Å². The van der Waals surface area contributed by atoms with Gasteiger partial charge in [0.2, 0.25) is 0 Å². The van der Waals surface area contributed by atoms with Gasteiger partial charge in [-0.3, -0.25) is 4.79 Å². The lowest BCUT2D eigenvalue weighted by Crippen LogP contribution is -2.33. The smallest absolute Gasteiger partial charge is 0.254 e. The number of carbonyl (C=O) groups is 1. The summed E-state index contributed by atoms with van der Waals surface area (Å²) < 4.78 is 6.81. The average molecular weight is 336 g/mol. The minimum absolute atomic E-state index is 0.0222. The maximum atomic E-state index is 12.9. The molecule has 0 aliphatic carbocycles. The minimum atomic E-state index is -0.0222. The monoisotopic (exact) mass is 336 g/mol. The normalized spacial score (nSPS) is 10.6. The summed E-state index contributed by atoms with van der Waals surface area (Å²) in [7, 11) is 1.64. The van der Waals surface area contributed by atoms with Crippen LogP contribution in [0.5, 0.6) is 0 Å². The topological polar surface area (TPSA) is 60.2 Å². The average Bonchev–Trinajstić information content (AvgIpc) is 3.20. The van der Waals surface area contributed by atoms with Crippen molar-refractivity contribution in [3.63, 3.8) is 0 Å². The molecule has 128 valence electrons. The summed E-state index contributed by atoms with van der Waals surface area (Å²) in [5.41, 5.74) is 2.59. The Morgan fingerprint density at radius 1 is 1.12 bits per heavy atom. The van der Waals surface area contributed by atoms with E-state index in [1.807, 2.05) is 54.6 Å². The highest BCUT2D eigenvalue weighted by Crippen LogP contribution is 2.13. The molecule has 0 saturated carbocycles. The molecular formula is C19H20N4O2. The van der Waals surface area contributed by atoms with Crippen LogP contribution in [0.1, 0.15) is 15.9 Å². The highest BCUT2D eigenvalue weighted by Gasteiger charge is 2.16. The lowest BCUT2D eigenvalue weighted by atomic mass is 10.1. The Hall–Kier alpha value is -2.99. The summed E-state index contributed by atoms with van der Waals surface area (Å²) >= 11 is 0. The zero-order chi connectivity index (χ0) is 17.5. The Balaban J connectivity index is 1.76. The van der Waals surface area contributed by atoms with Crippen molar-refractivity contribution >= 4 is 5.91 Å². The van der Waals surface area contributed by atoms with Gasteiger partial charge in [-0.25, -0.2) is 9.67 Å². The van der Waals surface area contributed by atoms with Gasteiger partial charge >= 0.3 is 0 Å². The summed E-state index contributed by atoms with van der Waals surface area (Å²) in [6, 6.07) is 17.3. The zero-order valence-corrected chi connectivity index (χ0v) is 14.1. The van der Waals surface area contributed by atoms with Crippen molar-refractivity contribution in [2.75, 3.05) is 20.3 Å². The summed E-state index contributed by atoms with van der Waals surface area (Å²) in [4.78, 5) is 18.6. The molecule has 3 aromatic rings. The predicted octanol–water partition coefficient (Wildman–Crippen LogP) is 2.56. The summed E-state index contributed by atoms with van der Waals surface area (Å²) in [6.45, 7) is 1.58. The Morgan fingerprint density at radius 2 is 1.88 bits per heavy atom. The fourth-order valence-electron chi connectivity index (χ4n) is 2.54. The molecule has 0 unspecified atom stereocenters. The van der Waals surface area contributed by atoms with Gasteiger partial charge in [0.15, 0.2) is 0 Å². The van der Waals surface area contributed by atoms with Gasteiger partial charge in [0.25, 0.3) is 5.91 Å². The van der Waals surface area contributed by atoms with E-state index >= 15 is 0 Å². The van der Waals surface area contributed by atoms with E-state index in [9.17, 15) is 4.79 Å². The van der Waals surface area contributed by atoms with Crippen molar-refractivity contribution < 1.29 is 9.53 Å². The van der Waals surface area contributed by atoms with Crippen LogP contribution >= 0.6 is 0 Å². The summed E-state index contributed by atoms with van der Waals surface area (Å²) in [6.07, 6.45) is 3.10. The second-order valence-electron chi connectivity index (χ2n) is 5.59. The predicted molar refractivity (Wildman–Crippen MR) is 94.4 cm³/mol. The SMILES string of the molecule is COCCN(Cc1ccccc1)C(=O)c1ccc(-n2cncn2)cc1. The summed E-state index contributed by atoms with van der Waals surface area (Å²) in [5, 5.41) is 4.09. The molecule has 0 N–H and O–H groups in total. The third-order valence-corrected chi connectivity index (χ3v) is 3.87. The van der Waals surface area contributed by atoms with Gasteiger partial charge in [0.05, 0.1) is 12.3 Å². The van der Waals surface area contributed by atoms with Crippen molar-refractivity contribution in [2.45, 2.75) is 6.54 Å². The number of benzene rings is 2. The largest absolute Gasteiger partial charge is 0.383 e. The molecule has 6 heteroatoms. The van der Waals surface area contributed by atoms with Crippen LogP contribution in [0.3, 0.4) is 0 Å². The second-order valence-corrected chi connectivity index (χ2v) is 5.59. The van der Waals surface area contributed by atoms with Gasteiger partial charge in [-0.1, -0.05) is 30.3 Å². The van der Waals surface area contributed by atoms with Crippen LogP contribution in [-0.2, 0) is 11.3 Å². The fourth-order valence-corrected chi connectivity index (χ4v) is 2.54. The van der Waals surface area contributed by atoms with Crippen LogP contribution in [0.4, 0.5) is 0 Å². The molecule has 0 spiro atoms. The van der Waals surface area contributed by atoms with Gasteiger partial charge in [-0.15, -0.1) is 0 Å². The quantitative estimate of drug-likeness (QED) is 0.665. The van der Waals surface area contributed by atoms with Gasteiger partial charge in [-0.2, -0.15) is 5.10 Å². The molecule has 0 saturated heterocycles. The van der Waals surface area contributed by atoms with E-state index in [1.54, 1.807) is 23.0 Å². The van der Waals surface area contributed by atoms with Crippen LogP contribution in [0.2, 0.25) is 0 Å². The van der Waals surface area contributed by atoms with Gasteiger partial charge in [-0.05, 0) is 29.8 Å². The number of hydrogen-bond acceptors (Lipinski definition) is 4.